The molecule has 0 radical (unpaired) electrons. The molecule has 2 aliphatic rings. The SMILES string of the molecule is Cc1cc([C@H]2CCCN2C(=O)C[C@H]2NC(=O)NC2=O)on1. The first kappa shape index (κ1) is 13.6. The van der Waals surface area contributed by atoms with Gasteiger partial charge in [-0.05, 0) is 19.8 Å². The van der Waals surface area contributed by atoms with Gasteiger partial charge in [-0.25, -0.2) is 4.79 Å². The first-order valence-corrected chi connectivity index (χ1v) is 6.88. The van der Waals surface area contributed by atoms with Crippen LogP contribution in [-0.4, -0.2) is 40.5 Å². The maximum absolute atomic E-state index is 12.4. The van der Waals surface area contributed by atoms with E-state index in [0.29, 0.717) is 12.3 Å². The molecule has 0 bridgehead atoms. The van der Waals surface area contributed by atoms with E-state index in [-0.39, 0.29) is 18.4 Å². The molecule has 0 aliphatic carbocycles. The summed E-state index contributed by atoms with van der Waals surface area (Å²) in [6.45, 7) is 2.44. The standard InChI is InChI=1S/C13H16N4O4/c1-7-5-10(21-16-7)9-3-2-4-17(9)11(18)6-8-12(19)15-13(20)14-8/h5,8-9H,2-4,6H2,1H3,(H2,14,15,19,20)/t8-,9-/m1/s1. The summed E-state index contributed by atoms with van der Waals surface area (Å²) in [5.74, 6) is 0.0340. The molecule has 0 unspecified atom stereocenters. The van der Waals surface area contributed by atoms with E-state index in [1.807, 2.05) is 13.0 Å². The fourth-order valence-electron chi connectivity index (χ4n) is 2.80. The van der Waals surface area contributed by atoms with Gasteiger partial charge in [-0.15, -0.1) is 0 Å². The maximum atomic E-state index is 12.4. The minimum atomic E-state index is -0.789. The molecule has 1 aromatic rings. The van der Waals surface area contributed by atoms with E-state index in [9.17, 15) is 14.4 Å². The van der Waals surface area contributed by atoms with Crippen molar-refractivity contribution in [1.29, 1.82) is 0 Å². The number of aryl methyl sites for hydroxylation is 1. The van der Waals surface area contributed by atoms with Crippen LogP contribution < -0.4 is 10.6 Å². The van der Waals surface area contributed by atoms with Crippen LogP contribution >= 0.6 is 0 Å². The van der Waals surface area contributed by atoms with Crippen molar-refractivity contribution >= 4 is 17.8 Å². The second-order valence-electron chi connectivity index (χ2n) is 5.34. The van der Waals surface area contributed by atoms with Gasteiger partial charge in [0.2, 0.25) is 5.91 Å². The third kappa shape index (κ3) is 2.61. The second kappa shape index (κ2) is 5.19. The molecule has 4 amide bonds. The number of nitrogens with zero attached hydrogens (tertiary/aromatic N) is 2. The van der Waals surface area contributed by atoms with E-state index in [1.165, 1.54) is 0 Å². The number of amides is 4. The molecule has 3 heterocycles. The Kier molecular flexibility index (Phi) is 3.36. The number of nitrogens with one attached hydrogen (secondary N) is 2. The minimum Gasteiger partial charge on any atom is -0.359 e. The van der Waals surface area contributed by atoms with E-state index in [2.05, 4.69) is 15.8 Å². The molecular weight excluding hydrogens is 276 g/mol. The van der Waals surface area contributed by atoms with Crippen molar-refractivity contribution < 1.29 is 18.9 Å². The lowest BCUT2D eigenvalue weighted by Crippen LogP contribution is -2.38. The highest BCUT2D eigenvalue weighted by molar-refractivity contribution is 6.05. The number of hydrogen-bond acceptors (Lipinski definition) is 5. The second-order valence-corrected chi connectivity index (χ2v) is 5.34. The first-order valence-electron chi connectivity index (χ1n) is 6.88. The van der Waals surface area contributed by atoms with Gasteiger partial charge in [-0.3, -0.25) is 14.9 Å². The molecule has 21 heavy (non-hydrogen) atoms. The Hall–Kier alpha value is -2.38. The normalized spacial score (nSPS) is 25.1. The maximum Gasteiger partial charge on any atom is 0.322 e. The molecule has 2 atom stereocenters. The van der Waals surface area contributed by atoms with Crippen molar-refractivity contribution in [3.63, 3.8) is 0 Å². The Morgan fingerprint density at radius 3 is 2.95 bits per heavy atom. The van der Waals surface area contributed by atoms with Gasteiger partial charge in [0.25, 0.3) is 5.91 Å². The third-order valence-corrected chi connectivity index (χ3v) is 3.79. The van der Waals surface area contributed by atoms with Crippen LogP contribution in [-0.2, 0) is 9.59 Å². The number of carbonyl (C=O) groups is 3. The molecule has 3 rings (SSSR count). The average molecular weight is 292 g/mol. The quantitative estimate of drug-likeness (QED) is 0.777. The molecule has 0 spiro atoms. The molecule has 1 aromatic heterocycles. The molecule has 2 fully saturated rings. The molecule has 0 aromatic carbocycles. The van der Waals surface area contributed by atoms with Crippen molar-refractivity contribution in [3.8, 4) is 0 Å². The number of hydrogen-bond donors (Lipinski definition) is 2. The molecule has 8 nitrogen and oxygen atoms in total. The molecule has 2 saturated heterocycles. The van der Waals surface area contributed by atoms with E-state index in [1.54, 1.807) is 4.90 Å². The summed E-state index contributed by atoms with van der Waals surface area (Å²) >= 11 is 0. The van der Waals surface area contributed by atoms with Gasteiger partial charge in [0.05, 0.1) is 18.2 Å². The average Bonchev–Trinajstić information content (AvgIpc) is 3.10. The van der Waals surface area contributed by atoms with Crippen molar-refractivity contribution in [2.75, 3.05) is 6.54 Å². The monoisotopic (exact) mass is 292 g/mol. The Labute approximate surface area is 120 Å². The molecule has 8 heteroatoms. The molecular formula is C13H16N4O4. The number of urea groups is 1. The first-order chi connectivity index (χ1) is 10.0. The zero-order valence-electron chi connectivity index (χ0n) is 11.6. The van der Waals surface area contributed by atoms with Crippen LogP contribution in [0.3, 0.4) is 0 Å². The van der Waals surface area contributed by atoms with Crippen molar-refractivity contribution in [2.45, 2.75) is 38.3 Å². The van der Waals surface area contributed by atoms with E-state index < -0.39 is 18.0 Å². The van der Waals surface area contributed by atoms with Gasteiger partial charge in [0.1, 0.15) is 6.04 Å². The predicted octanol–water partition coefficient (Wildman–Crippen LogP) is 0.245. The highest BCUT2D eigenvalue weighted by atomic mass is 16.5. The lowest BCUT2D eigenvalue weighted by Gasteiger charge is -2.23. The fourth-order valence-corrected chi connectivity index (χ4v) is 2.80. The summed E-state index contributed by atoms with van der Waals surface area (Å²) < 4.78 is 5.24. The predicted molar refractivity (Wildman–Crippen MR) is 70.0 cm³/mol. The van der Waals surface area contributed by atoms with Crippen LogP contribution in [0.15, 0.2) is 10.6 Å². The lowest BCUT2D eigenvalue weighted by molar-refractivity contribution is -0.135. The lowest BCUT2D eigenvalue weighted by atomic mass is 10.1. The Balaban J connectivity index is 1.69. The molecule has 0 saturated carbocycles. The Bertz CT molecular complexity index is 597. The smallest absolute Gasteiger partial charge is 0.322 e. The van der Waals surface area contributed by atoms with Crippen molar-refractivity contribution in [2.24, 2.45) is 0 Å². The summed E-state index contributed by atoms with van der Waals surface area (Å²) in [4.78, 5) is 36.6. The number of rotatable bonds is 3. The van der Waals surface area contributed by atoms with Crippen molar-refractivity contribution in [1.82, 2.24) is 20.7 Å². The molecule has 2 N–H and O–H groups in total. The molecule has 112 valence electrons. The van der Waals surface area contributed by atoms with Crippen LogP contribution in [0.1, 0.15) is 36.8 Å². The highest BCUT2D eigenvalue weighted by Crippen LogP contribution is 2.32. The van der Waals surface area contributed by atoms with Crippen LogP contribution in [0.5, 0.6) is 0 Å². The van der Waals surface area contributed by atoms with E-state index >= 15 is 0 Å². The minimum absolute atomic E-state index is 0.0405. The summed E-state index contributed by atoms with van der Waals surface area (Å²) in [5, 5.41) is 8.40. The van der Waals surface area contributed by atoms with Gasteiger partial charge >= 0.3 is 6.03 Å². The van der Waals surface area contributed by atoms with Gasteiger partial charge in [0, 0.05) is 12.6 Å². The number of likely N-dealkylation sites (tertiary alicyclic amines) is 1. The van der Waals surface area contributed by atoms with Crippen LogP contribution in [0.25, 0.3) is 0 Å². The van der Waals surface area contributed by atoms with Crippen LogP contribution in [0, 0.1) is 6.92 Å². The van der Waals surface area contributed by atoms with Gasteiger partial charge in [-0.1, -0.05) is 5.16 Å². The van der Waals surface area contributed by atoms with Gasteiger partial charge in [-0.2, -0.15) is 0 Å². The van der Waals surface area contributed by atoms with Crippen LogP contribution in [0.2, 0.25) is 0 Å². The largest absolute Gasteiger partial charge is 0.359 e. The number of imide groups is 1. The molecule has 2 aliphatic heterocycles. The van der Waals surface area contributed by atoms with Gasteiger partial charge < -0.3 is 14.7 Å². The van der Waals surface area contributed by atoms with Crippen LogP contribution in [0.4, 0.5) is 4.79 Å². The van der Waals surface area contributed by atoms with E-state index in [0.717, 1.165) is 18.5 Å². The fraction of sp³-hybridized carbons (Fsp3) is 0.538. The number of carbonyl (C=O) groups excluding carboxylic acids is 3. The summed E-state index contributed by atoms with van der Waals surface area (Å²) in [5.41, 5.74) is 0.770. The van der Waals surface area contributed by atoms with E-state index in [4.69, 9.17) is 4.52 Å². The Morgan fingerprint density at radius 2 is 2.33 bits per heavy atom. The zero-order chi connectivity index (χ0) is 15.0. The number of aromatic nitrogens is 1. The van der Waals surface area contributed by atoms with Crippen molar-refractivity contribution in [3.05, 3.63) is 17.5 Å². The summed E-state index contributed by atoms with van der Waals surface area (Å²) in [6, 6.07) is 0.337. The zero-order valence-corrected chi connectivity index (χ0v) is 11.6. The van der Waals surface area contributed by atoms with Gasteiger partial charge in [0.15, 0.2) is 5.76 Å². The topological polar surface area (TPSA) is 105 Å². The Morgan fingerprint density at radius 1 is 1.52 bits per heavy atom. The third-order valence-electron chi connectivity index (χ3n) is 3.79. The highest BCUT2D eigenvalue weighted by Gasteiger charge is 2.37. The summed E-state index contributed by atoms with van der Waals surface area (Å²) in [6.07, 6.45) is 1.64. The summed E-state index contributed by atoms with van der Waals surface area (Å²) in [7, 11) is 0.